The van der Waals surface area contributed by atoms with Gasteiger partial charge < -0.3 is 10.7 Å². The zero-order chi connectivity index (χ0) is 17.4. The van der Waals surface area contributed by atoms with Gasteiger partial charge in [-0.15, -0.1) is 0 Å². The first-order chi connectivity index (χ1) is 12.1. The van der Waals surface area contributed by atoms with Crippen LogP contribution in [0.3, 0.4) is 0 Å². The van der Waals surface area contributed by atoms with Crippen molar-refractivity contribution in [1.82, 2.24) is 24.6 Å². The number of aromatic nitrogens is 4. The molecule has 7 heteroatoms. The summed E-state index contributed by atoms with van der Waals surface area (Å²) in [6.07, 6.45) is 2.56. The quantitative estimate of drug-likeness (QED) is 0.704. The van der Waals surface area contributed by atoms with Gasteiger partial charge in [0.25, 0.3) is 5.56 Å². The van der Waals surface area contributed by atoms with Gasteiger partial charge >= 0.3 is 0 Å². The van der Waals surface area contributed by atoms with Crippen molar-refractivity contribution in [3.8, 4) is 11.4 Å². The molecule has 0 spiro atoms. The number of aryl methyl sites for hydroxylation is 1. The fourth-order valence-electron chi connectivity index (χ4n) is 3.18. The van der Waals surface area contributed by atoms with Crippen LogP contribution >= 0.6 is 0 Å². The second-order valence-electron chi connectivity index (χ2n) is 6.37. The average Bonchev–Trinajstić information content (AvgIpc) is 3.01. The van der Waals surface area contributed by atoms with Gasteiger partial charge in [-0.25, -0.2) is 4.98 Å². The fraction of sp³-hybridized carbons (Fsp3) is 0.278. The third kappa shape index (κ3) is 3.06. The predicted molar refractivity (Wildman–Crippen MR) is 95.7 cm³/mol. The van der Waals surface area contributed by atoms with Crippen molar-refractivity contribution in [2.45, 2.75) is 19.5 Å². The molecule has 7 nitrogen and oxygen atoms in total. The molecule has 3 N–H and O–H groups in total. The van der Waals surface area contributed by atoms with Crippen LogP contribution in [0.15, 0.2) is 41.3 Å². The Balaban J connectivity index is 1.60. The normalized spacial score (nSPS) is 14.4. The standard InChI is InChI=1S/C18H20N6O/c1-23-14(6-8-20-23)10-24-9-7-16-15(11-24)18(25)22-17(21-16)12-2-4-13(19)5-3-12/h2-6,8H,7,9-11,19H2,1H3,(H,21,22,25). The van der Waals surface area contributed by atoms with Crippen molar-refractivity contribution in [3.63, 3.8) is 0 Å². The van der Waals surface area contributed by atoms with E-state index < -0.39 is 0 Å². The number of nitrogen functional groups attached to an aromatic ring is 1. The summed E-state index contributed by atoms with van der Waals surface area (Å²) in [6, 6.07) is 9.37. The van der Waals surface area contributed by atoms with Gasteiger partial charge in [-0.3, -0.25) is 14.4 Å². The lowest BCUT2D eigenvalue weighted by atomic mass is 10.1. The highest BCUT2D eigenvalue weighted by Gasteiger charge is 2.22. The summed E-state index contributed by atoms with van der Waals surface area (Å²) in [4.78, 5) is 22.4. The summed E-state index contributed by atoms with van der Waals surface area (Å²) in [5, 5.41) is 4.20. The molecule has 0 radical (unpaired) electrons. The topological polar surface area (TPSA) is 92.8 Å². The van der Waals surface area contributed by atoms with Crippen molar-refractivity contribution in [3.05, 3.63) is 63.8 Å². The highest BCUT2D eigenvalue weighted by atomic mass is 16.1. The second-order valence-corrected chi connectivity index (χ2v) is 6.37. The molecule has 0 amide bonds. The number of anilines is 1. The smallest absolute Gasteiger partial charge is 0.255 e. The number of nitrogens with one attached hydrogen (secondary N) is 1. The van der Waals surface area contributed by atoms with Gasteiger partial charge in [0.1, 0.15) is 5.82 Å². The molecule has 1 aromatic carbocycles. The van der Waals surface area contributed by atoms with Crippen LogP contribution in [0.1, 0.15) is 17.0 Å². The van der Waals surface area contributed by atoms with E-state index in [0.717, 1.165) is 42.0 Å². The molecule has 0 saturated heterocycles. The molecule has 0 bridgehead atoms. The van der Waals surface area contributed by atoms with Gasteiger partial charge in [0.15, 0.2) is 0 Å². The number of nitrogens with zero attached hydrogens (tertiary/aromatic N) is 4. The van der Waals surface area contributed by atoms with E-state index in [0.29, 0.717) is 18.1 Å². The van der Waals surface area contributed by atoms with Crippen molar-refractivity contribution >= 4 is 5.69 Å². The summed E-state index contributed by atoms with van der Waals surface area (Å²) in [7, 11) is 1.93. The first-order valence-corrected chi connectivity index (χ1v) is 8.27. The van der Waals surface area contributed by atoms with Crippen LogP contribution in [0.2, 0.25) is 0 Å². The van der Waals surface area contributed by atoms with E-state index in [1.807, 2.05) is 42.1 Å². The zero-order valence-electron chi connectivity index (χ0n) is 14.1. The molecule has 2 aromatic heterocycles. The summed E-state index contributed by atoms with van der Waals surface area (Å²) in [5.74, 6) is 0.601. The third-order valence-electron chi connectivity index (χ3n) is 4.64. The van der Waals surface area contributed by atoms with Crippen LogP contribution in [-0.4, -0.2) is 31.2 Å². The highest BCUT2D eigenvalue weighted by Crippen LogP contribution is 2.20. The van der Waals surface area contributed by atoms with Crippen LogP contribution in [-0.2, 0) is 26.6 Å². The molecule has 128 valence electrons. The number of benzene rings is 1. The van der Waals surface area contributed by atoms with Crippen LogP contribution in [0.25, 0.3) is 11.4 Å². The Labute approximate surface area is 145 Å². The van der Waals surface area contributed by atoms with E-state index in [9.17, 15) is 4.79 Å². The minimum Gasteiger partial charge on any atom is -0.399 e. The number of fused-ring (bicyclic) bond motifs is 1. The first kappa shape index (κ1) is 15.6. The third-order valence-corrected chi connectivity index (χ3v) is 4.64. The lowest BCUT2D eigenvalue weighted by molar-refractivity contribution is 0.235. The minimum absolute atomic E-state index is 0.0634. The zero-order valence-corrected chi connectivity index (χ0v) is 14.1. The van der Waals surface area contributed by atoms with Gasteiger partial charge in [-0.2, -0.15) is 5.10 Å². The van der Waals surface area contributed by atoms with E-state index >= 15 is 0 Å². The van der Waals surface area contributed by atoms with Crippen molar-refractivity contribution in [1.29, 1.82) is 0 Å². The first-order valence-electron chi connectivity index (χ1n) is 8.27. The van der Waals surface area contributed by atoms with Crippen LogP contribution in [0.4, 0.5) is 5.69 Å². The second kappa shape index (κ2) is 6.18. The van der Waals surface area contributed by atoms with Gasteiger partial charge in [-0.05, 0) is 30.3 Å². The SMILES string of the molecule is Cn1nccc1CN1CCc2nc(-c3ccc(N)cc3)[nH]c(=O)c2C1. The molecule has 1 aliphatic rings. The Kier molecular flexibility index (Phi) is 3.85. The van der Waals surface area contributed by atoms with Gasteiger partial charge in [0, 0.05) is 50.6 Å². The van der Waals surface area contributed by atoms with E-state index in [1.54, 1.807) is 6.20 Å². The van der Waals surface area contributed by atoms with Gasteiger partial charge in [0.2, 0.25) is 0 Å². The predicted octanol–water partition coefficient (Wildman–Crippen LogP) is 1.31. The summed E-state index contributed by atoms with van der Waals surface area (Å²) >= 11 is 0. The molecular weight excluding hydrogens is 316 g/mol. The maximum Gasteiger partial charge on any atom is 0.255 e. The molecule has 0 aliphatic carbocycles. The Hall–Kier alpha value is -2.93. The van der Waals surface area contributed by atoms with E-state index in [4.69, 9.17) is 5.73 Å². The number of hydrogen-bond acceptors (Lipinski definition) is 5. The fourth-order valence-corrected chi connectivity index (χ4v) is 3.18. The molecule has 0 fully saturated rings. The summed E-state index contributed by atoms with van der Waals surface area (Å²) in [5.41, 5.74) is 9.99. The van der Waals surface area contributed by atoms with Crippen molar-refractivity contribution < 1.29 is 0 Å². The Morgan fingerprint density at radius 3 is 2.76 bits per heavy atom. The lowest BCUT2D eigenvalue weighted by Crippen LogP contribution is -2.35. The molecule has 1 aliphatic heterocycles. The number of aromatic amines is 1. The molecule has 0 saturated carbocycles. The highest BCUT2D eigenvalue weighted by molar-refractivity contribution is 5.58. The number of nitrogens with two attached hydrogens (primary N) is 1. The van der Waals surface area contributed by atoms with E-state index in [-0.39, 0.29) is 5.56 Å². The minimum atomic E-state index is -0.0634. The van der Waals surface area contributed by atoms with Crippen LogP contribution in [0, 0.1) is 0 Å². The molecule has 3 aromatic rings. The average molecular weight is 336 g/mol. The van der Waals surface area contributed by atoms with Crippen molar-refractivity contribution in [2.24, 2.45) is 7.05 Å². The number of H-pyrrole nitrogens is 1. The lowest BCUT2D eigenvalue weighted by Gasteiger charge is -2.27. The summed E-state index contributed by atoms with van der Waals surface area (Å²) < 4.78 is 1.86. The van der Waals surface area contributed by atoms with Crippen LogP contribution < -0.4 is 11.3 Å². The molecular formula is C18H20N6O. The molecule has 3 heterocycles. The van der Waals surface area contributed by atoms with Gasteiger partial charge in [-0.1, -0.05) is 0 Å². The Morgan fingerprint density at radius 1 is 1.24 bits per heavy atom. The Bertz CT molecular complexity index is 956. The van der Waals surface area contributed by atoms with E-state index in [2.05, 4.69) is 20.0 Å². The molecule has 0 unspecified atom stereocenters. The maximum absolute atomic E-state index is 12.6. The largest absolute Gasteiger partial charge is 0.399 e. The molecule has 4 rings (SSSR count). The number of rotatable bonds is 3. The van der Waals surface area contributed by atoms with E-state index in [1.165, 1.54) is 0 Å². The van der Waals surface area contributed by atoms with Gasteiger partial charge in [0.05, 0.1) is 17.0 Å². The van der Waals surface area contributed by atoms with Crippen LogP contribution in [0.5, 0.6) is 0 Å². The summed E-state index contributed by atoms with van der Waals surface area (Å²) in [6.45, 7) is 2.25. The maximum atomic E-state index is 12.6. The monoisotopic (exact) mass is 336 g/mol. The molecule has 25 heavy (non-hydrogen) atoms. The number of hydrogen-bond donors (Lipinski definition) is 2. The Morgan fingerprint density at radius 2 is 2.04 bits per heavy atom. The van der Waals surface area contributed by atoms with Crippen molar-refractivity contribution in [2.75, 3.05) is 12.3 Å². The molecule has 0 atom stereocenters.